The largest absolute Gasteiger partial charge is 0.370 e. The molecule has 0 aromatic rings. The molecule has 0 saturated carbocycles. The van der Waals surface area contributed by atoms with Gasteiger partial charge in [-0.1, -0.05) is 78.1 Å². The van der Waals surface area contributed by atoms with Crippen LogP contribution in [0.3, 0.4) is 0 Å². The summed E-state index contributed by atoms with van der Waals surface area (Å²) in [6, 6.07) is 0. The molecule has 0 bridgehead atoms. The molecule has 0 N–H and O–H groups in total. The van der Waals surface area contributed by atoms with Gasteiger partial charge in [-0.15, -0.1) is 0 Å². The monoisotopic (exact) mass is 240 g/mol. The van der Waals surface area contributed by atoms with Crippen LogP contribution in [0.15, 0.2) is 0 Å². The van der Waals surface area contributed by atoms with Crippen LogP contribution >= 0.6 is 0 Å². The second-order valence-electron chi connectivity index (χ2n) is 5.80. The van der Waals surface area contributed by atoms with Gasteiger partial charge in [-0.2, -0.15) is 0 Å². The van der Waals surface area contributed by atoms with Crippen LogP contribution in [0.2, 0.25) is 0 Å². The van der Waals surface area contributed by atoms with E-state index in [-0.39, 0.29) is 0 Å². The van der Waals surface area contributed by atoms with Crippen molar-refractivity contribution in [1.82, 2.24) is 0 Å². The first kappa shape index (κ1) is 15.0. The Balaban J connectivity index is 1.84. The third kappa shape index (κ3) is 7.08. The van der Waals surface area contributed by atoms with Crippen molar-refractivity contribution >= 4 is 0 Å². The molecule has 0 amide bonds. The number of hydrogen-bond donors (Lipinski definition) is 0. The highest BCUT2D eigenvalue weighted by molar-refractivity contribution is 4.91. The van der Waals surface area contributed by atoms with Crippen molar-refractivity contribution in [3.05, 3.63) is 0 Å². The summed E-state index contributed by atoms with van der Waals surface area (Å²) in [4.78, 5) is 0. The summed E-state index contributed by atoms with van der Waals surface area (Å²) in [5.74, 6) is 0. The summed E-state index contributed by atoms with van der Waals surface area (Å²) in [5.41, 5.74) is 0.345. The van der Waals surface area contributed by atoms with Gasteiger partial charge in [-0.05, 0) is 12.8 Å². The highest BCUT2D eigenvalue weighted by Gasteiger charge is 2.42. The molecule has 1 rings (SSSR count). The Morgan fingerprint density at radius 1 is 0.706 bits per heavy atom. The Labute approximate surface area is 108 Å². The van der Waals surface area contributed by atoms with Gasteiger partial charge in [0.1, 0.15) is 0 Å². The van der Waals surface area contributed by atoms with Crippen LogP contribution in [0.1, 0.15) is 90.9 Å². The number of ether oxygens (including phenoxy) is 1. The second kappa shape index (κ2) is 8.97. The van der Waals surface area contributed by atoms with Gasteiger partial charge in [0.05, 0.1) is 12.2 Å². The Morgan fingerprint density at radius 3 is 1.71 bits per heavy atom. The fourth-order valence-electron chi connectivity index (χ4n) is 2.60. The lowest BCUT2D eigenvalue weighted by molar-refractivity contribution is 0.262. The first-order valence-corrected chi connectivity index (χ1v) is 7.97. The second-order valence-corrected chi connectivity index (χ2v) is 5.80. The van der Waals surface area contributed by atoms with Gasteiger partial charge < -0.3 is 4.74 Å². The third-order valence-electron chi connectivity index (χ3n) is 4.02. The van der Waals surface area contributed by atoms with Crippen molar-refractivity contribution in [1.29, 1.82) is 0 Å². The molecule has 1 heteroatoms. The Hall–Kier alpha value is -0.0400. The Morgan fingerprint density at radius 2 is 1.18 bits per heavy atom. The molecule has 0 spiro atoms. The molecule has 1 nitrogen and oxygen atoms in total. The lowest BCUT2D eigenvalue weighted by Crippen LogP contribution is -2.10. The van der Waals surface area contributed by atoms with Crippen molar-refractivity contribution < 1.29 is 4.74 Å². The molecule has 0 aliphatic carbocycles. The minimum Gasteiger partial charge on any atom is -0.370 e. The molecule has 17 heavy (non-hydrogen) atoms. The quantitative estimate of drug-likeness (QED) is 0.325. The molecule has 0 radical (unpaired) electrons. The van der Waals surface area contributed by atoms with Gasteiger partial charge >= 0.3 is 0 Å². The molecule has 1 aliphatic rings. The van der Waals surface area contributed by atoms with Crippen LogP contribution in [0.25, 0.3) is 0 Å². The lowest BCUT2D eigenvalue weighted by atomic mass is 9.95. The predicted octanol–water partition coefficient (Wildman–Crippen LogP) is 5.48. The zero-order valence-corrected chi connectivity index (χ0v) is 12.1. The molecular formula is C16H32O. The number of rotatable bonds is 12. The third-order valence-corrected chi connectivity index (χ3v) is 4.02. The van der Waals surface area contributed by atoms with Crippen LogP contribution in [-0.2, 0) is 4.74 Å². The van der Waals surface area contributed by atoms with E-state index in [1.54, 1.807) is 0 Å². The SMILES string of the molecule is CCCCCCCCCCC1(CCCC)CO1. The summed E-state index contributed by atoms with van der Waals surface area (Å²) in [5, 5.41) is 0. The minimum atomic E-state index is 0.345. The average Bonchev–Trinajstić information content (AvgIpc) is 3.11. The number of unbranched alkanes of at least 4 members (excludes halogenated alkanes) is 8. The summed E-state index contributed by atoms with van der Waals surface area (Å²) in [6.07, 6.45) is 16.6. The van der Waals surface area contributed by atoms with Gasteiger partial charge in [0.15, 0.2) is 0 Å². The van der Waals surface area contributed by atoms with Gasteiger partial charge in [-0.25, -0.2) is 0 Å². The van der Waals surface area contributed by atoms with Crippen LogP contribution in [0.4, 0.5) is 0 Å². The van der Waals surface area contributed by atoms with Crippen LogP contribution in [0.5, 0.6) is 0 Å². The van der Waals surface area contributed by atoms with Gasteiger partial charge in [-0.3, -0.25) is 0 Å². The van der Waals surface area contributed by atoms with E-state index in [1.807, 2.05) is 0 Å². The maximum absolute atomic E-state index is 5.66. The summed E-state index contributed by atoms with van der Waals surface area (Å²) in [6.45, 7) is 5.60. The molecule has 102 valence electrons. The highest BCUT2D eigenvalue weighted by Crippen LogP contribution is 2.37. The van der Waals surface area contributed by atoms with E-state index in [1.165, 1.54) is 77.0 Å². The lowest BCUT2D eigenvalue weighted by Gasteiger charge is -2.10. The topological polar surface area (TPSA) is 12.5 Å². The molecule has 1 atom stereocenters. The first-order valence-electron chi connectivity index (χ1n) is 7.97. The van der Waals surface area contributed by atoms with Gasteiger partial charge in [0.2, 0.25) is 0 Å². The van der Waals surface area contributed by atoms with E-state index in [0.29, 0.717) is 5.60 Å². The van der Waals surface area contributed by atoms with Crippen LogP contribution in [0, 0.1) is 0 Å². The number of epoxide rings is 1. The fourth-order valence-corrected chi connectivity index (χ4v) is 2.60. The smallest absolute Gasteiger partial charge is 0.0916 e. The summed E-state index contributed by atoms with van der Waals surface area (Å²) < 4.78 is 5.66. The van der Waals surface area contributed by atoms with Crippen molar-refractivity contribution in [2.75, 3.05) is 6.61 Å². The number of hydrogen-bond acceptors (Lipinski definition) is 1. The van der Waals surface area contributed by atoms with E-state index in [4.69, 9.17) is 4.74 Å². The van der Waals surface area contributed by atoms with E-state index in [2.05, 4.69) is 13.8 Å². The van der Waals surface area contributed by atoms with Crippen LogP contribution in [-0.4, -0.2) is 12.2 Å². The van der Waals surface area contributed by atoms with E-state index < -0.39 is 0 Å². The summed E-state index contributed by atoms with van der Waals surface area (Å²) in [7, 11) is 0. The van der Waals surface area contributed by atoms with E-state index >= 15 is 0 Å². The highest BCUT2D eigenvalue weighted by atomic mass is 16.6. The predicted molar refractivity (Wildman–Crippen MR) is 75.4 cm³/mol. The van der Waals surface area contributed by atoms with Crippen molar-refractivity contribution in [3.63, 3.8) is 0 Å². The summed E-state index contributed by atoms with van der Waals surface area (Å²) >= 11 is 0. The normalized spacial score (nSPS) is 22.9. The van der Waals surface area contributed by atoms with Crippen molar-refractivity contribution in [2.24, 2.45) is 0 Å². The van der Waals surface area contributed by atoms with Gasteiger partial charge in [0.25, 0.3) is 0 Å². The molecule has 1 saturated heterocycles. The zero-order chi connectivity index (χ0) is 12.4. The molecule has 1 heterocycles. The van der Waals surface area contributed by atoms with E-state index in [9.17, 15) is 0 Å². The molecule has 0 aromatic carbocycles. The molecule has 1 aliphatic heterocycles. The molecule has 0 aromatic heterocycles. The minimum absolute atomic E-state index is 0.345. The van der Waals surface area contributed by atoms with Crippen molar-refractivity contribution in [3.8, 4) is 0 Å². The van der Waals surface area contributed by atoms with Crippen LogP contribution < -0.4 is 0 Å². The maximum Gasteiger partial charge on any atom is 0.0916 e. The Kier molecular flexibility index (Phi) is 7.92. The standard InChI is InChI=1S/C16H32O/c1-3-5-7-8-9-10-11-12-14-16(15-17-16)13-6-4-2/h3-15H2,1-2H3. The van der Waals surface area contributed by atoms with E-state index in [0.717, 1.165) is 6.61 Å². The average molecular weight is 240 g/mol. The zero-order valence-electron chi connectivity index (χ0n) is 12.1. The molecule has 1 fully saturated rings. The Bertz CT molecular complexity index is 172. The van der Waals surface area contributed by atoms with Gasteiger partial charge in [0, 0.05) is 0 Å². The molecular weight excluding hydrogens is 208 g/mol. The fraction of sp³-hybridized carbons (Fsp3) is 1.00. The van der Waals surface area contributed by atoms with Crippen molar-refractivity contribution in [2.45, 2.75) is 96.5 Å². The molecule has 1 unspecified atom stereocenters. The first-order chi connectivity index (χ1) is 8.33. The maximum atomic E-state index is 5.66.